The van der Waals surface area contributed by atoms with Gasteiger partial charge in [-0.3, -0.25) is 9.78 Å². The van der Waals surface area contributed by atoms with Crippen LogP contribution in [-0.4, -0.2) is 38.0 Å². The topological polar surface area (TPSA) is 108 Å². The quantitative estimate of drug-likeness (QED) is 0.721. The van der Waals surface area contributed by atoms with Crippen LogP contribution in [0.15, 0.2) is 24.2 Å². The van der Waals surface area contributed by atoms with Crippen LogP contribution in [0.4, 0.5) is 0 Å². The third kappa shape index (κ3) is 2.92. The van der Waals surface area contributed by atoms with Gasteiger partial charge in [0.1, 0.15) is 10.9 Å². The lowest BCUT2D eigenvalue weighted by Gasteiger charge is -2.12. The molecule has 0 aromatic carbocycles. The van der Waals surface area contributed by atoms with Gasteiger partial charge in [0, 0.05) is 18.3 Å². The van der Waals surface area contributed by atoms with Gasteiger partial charge in [-0.1, -0.05) is 0 Å². The first-order valence-corrected chi connectivity index (χ1v) is 5.94. The minimum absolute atomic E-state index is 0.153. The van der Waals surface area contributed by atoms with Crippen molar-refractivity contribution < 1.29 is 14.7 Å². The van der Waals surface area contributed by atoms with Gasteiger partial charge in [0.15, 0.2) is 0 Å². The smallest absolute Gasteiger partial charge is 0.326 e. The van der Waals surface area contributed by atoms with E-state index in [-0.39, 0.29) is 6.42 Å². The predicted molar refractivity (Wildman–Crippen MR) is 63.3 cm³/mol. The van der Waals surface area contributed by atoms with Crippen LogP contribution in [0.2, 0.25) is 0 Å². The fraction of sp³-hybridized carbons (Fsp3) is 0.200. The number of imidazole rings is 1. The van der Waals surface area contributed by atoms with Crippen LogP contribution >= 0.6 is 11.3 Å². The van der Waals surface area contributed by atoms with Crippen molar-refractivity contribution in [2.45, 2.75) is 12.5 Å². The average Bonchev–Trinajstić information content (AvgIpc) is 3.00. The molecule has 1 amide bonds. The van der Waals surface area contributed by atoms with Crippen molar-refractivity contribution in [3.8, 4) is 0 Å². The molecule has 18 heavy (non-hydrogen) atoms. The SMILES string of the molecule is O=C(N[C@H](Cc1cnc[nH]1)C(=O)O)c1cncs1. The molecule has 7 nitrogen and oxygen atoms in total. The molecule has 0 radical (unpaired) electrons. The van der Waals surface area contributed by atoms with Crippen molar-refractivity contribution in [3.63, 3.8) is 0 Å². The van der Waals surface area contributed by atoms with E-state index in [1.165, 1.54) is 24.2 Å². The van der Waals surface area contributed by atoms with Crippen LogP contribution in [0.3, 0.4) is 0 Å². The lowest BCUT2D eigenvalue weighted by Crippen LogP contribution is -2.42. The molecule has 8 heteroatoms. The number of hydrogen-bond acceptors (Lipinski definition) is 5. The van der Waals surface area contributed by atoms with E-state index in [2.05, 4.69) is 20.3 Å². The van der Waals surface area contributed by atoms with Gasteiger partial charge in [0.25, 0.3) is 5.91 Å². The highest BCUT2D eigenvalue weighted by Crippen LogP contribution is 2.06. The highest BCUT2D eigenvalue weighted by molar-refractivity contribution is 7.11. The molecule has 0 fully saturated rings. The Kier molecular flexibility index (Phi) is 3.68. The Hall–Kier alpha value is -2.22. The Morgan fingerprint density at radius 3 is 2.83 bits per heavy atom. The summed E-state index contributed by atoms with van der Waals surface area (Å²) in [5.41, 5.74) is 2.16. The molecule has 3 N–H and O–H groups in total. The third-order valence-electron chi connectivity index (χ3n) is 2.24. The zero-order valence-corrected chi connectivity index (χ0v) is 9.98. The summed E-state index contributed by atoms with van der Waals surface area (Å²) < 4.78 is 0. The first-order chi connectivity index (χ1) is 8.66. The number of carbonyl (C=O) groups excluding carboxylic acids is 1. The first-order valence-electron chi connectivity index (χ1n) is 5.06. The van der Waals surface area contributed by atoms with Crippen LogP contribution in [0.1, 0.15) is 15.4 Å². The van der Waals surface area contributed by atoms with Crippen molar-refractivity contribution in [2.24, 2.45) is 0 Å². The number of rotatable bonds is 5. The monoisotopic (exact) mass is 266 g/mol. The van der Waals surface area contributed by atoms with Gasteiger partial charge in [-0.2, -0.15) is 0 Å². The second-order valence-electron chi connectivity index (χ2n) is 3.51. The van der Waals surface area contributed by atoms with Gasteiger partial charge in [-0.25, -0.2) is 9.78 Å². The number of amides is 1. The molecular formula is C10H10N4O3S. The second-order valence-corrected chi connectivity index (χ2v) is 4.40. The summed E-state index contributed by atoms with van der Waals surface area (Å²) in [4.78, 5) is 33.5. The number of nitrogens with one attached hydrogen (secondary N) is 2. The number of aromatic amines is 1. The molecule has 2 heterocycles. The van der Waals surface area contributed by atoms with E-state index >= 15 is 0 Å². The number of nitrogens with zero attached hydrogens (tertiary/aromatic N) is 2. The number of hydrogen-bond donors (Lipinski definition) is 3. The molecule has 0 bridgehead atoms. The summed E-state index contributed by atoms with van der Waals surface area (Å²) in [5.74, 6) is -1.54. The molecule has 94 valence electrons. The van der Waals surface area contributed by atoms with Gasteiger partial charge in [-0.15, -0.1) is 11.3 Å². The molecular weight excluding hydrogens is 256 g/mol. The van der Waals surface area contributed by atoms with E-state index < -0.39 is 17.9 Å². The Balaban J connectivity index is 2.03. The Labute approximate surface area is 106 Å². The fourth-order valence-corrected chi connectivity index (χ4v) is 1.90. The van der Waals surface area contributed by atoms with E-state index in [9.17, 15) is 9.59 Å². The van der Waals surface area contributed by atoms with Gasteiger partial charge in [0.2, 0.25) is 0 Å². The van der Waals surface area contributed by atoms with E-state index in [1.807, 2.05) is 0 Å². The number of aliphatic carboxylic acids is 1. The predicted octanol–water partition coefficient (Wildman–Crippen LogP) is 0.292. The van der Waals surface area contributed by atoms with E-state index in [4.69, 9.17) is 5.11 Å². The van der Waals surface area contributed by atoms with Crippen molar-refractivity contribution in [1.82, 2.24) is 20.3 Å². The van der Waals surface area contributed by atoms with Crippen LogP contribution < -0.4 is 5.32 Å². The van der Waals surface area contributed by atoms with E-state index in [0.29, 0.717) is 10.6 Å². The van der Waals surface area contributed by atoms with E-state index in [0.717, 1.165) is 11.3 Å². The molecule has 1 atom stereocenters. The summed E-state index contributed by atoms with van der Waals surface area (Å²) in [7, 11) is 0. The highest BCUT2D eigenvalue weighted by Gasteiger charge is 2.22. The van der Waals surface area contributed by atoms with Crippen LogP contribution in [0.25, 0.3) is 0 Å². The Bertz CT molecular complexity index is 523. The number of carboxylic acid groups (broad SMARTS) is 1. The standard InChI is InChI=1S/C10H10N4O3S/c15-9(8-3-12-5-18-8)14-7(10(16)17)1-6-2-11-4-13-6/h2-5,7H,1H2,(H,11,13)(H,14,15)(H,16,17)/t7-/m1/s1. The normalized spacial score (nSPS) is 12.0. The molecule has 0 aliphatic carbocycles. The van der Waals surface area contributed by atoms with Gasteiger partial charge in [0.05, 0.1) is 18.0 Å². The second kappa shape index (κ2) is 5.41. The molecule has 0 aliphatic rings. The zero-order chi connectivity index (χ0) is 13.0. The van der Waals surface area contributed by atoms with E-state index in [1.54, 1.807) is 0 Å². The molecule has 2 rings (SSSR count). The molecule has 2 aromatic heterocycles. The number of aromatic nitrogens is 3. The third-order valence-corrected chi connectivity index (χ3v) is 3.01. The number of H-pyrrole nitrogens is 1. The van der Waals surface area contributed by atoms with Crippen LogP contribution in [0, 0.1) is 0 Å². The summed E-state index contributed by atoms with van der Waals surface area (Å²) in [6, 6.07) is -1.000. The Morgan fingerprint density at radius 2 is 2.28 bits per heavy atom. The van der Waals surface area contributed by atoms with Gasteiger partial charge >= 0.3 is 5.97 Å². The lowest BCUT2D eigenvalue weighted by atomic mass is 10.1. The molecule has 2 aromatic rings. The minimum Gasteiger partial charge on any atom is -0.480 e. The summed E-state index contributed by atoms with van der Waals surface area (Å²) in [5, 5.41) is 11.5. The summed E-state index contributed by atoms with van der Waals surface area (Å²) in [6.07, 6.45) is 4.53. The summed E-state index contributed by atoms with van der Waals surface area (Å²) in [6.45, 7) is 0. The molecule has 0 saturated carbocycles. The maximum atomic E-state index is 11.7. The van der Waals surface area contributed by atoms with Crippen molar-refractivity contribution in [2.75, 3.05) is 0 Å². The number of carboxylic acids is 1. The van der Waals surface area contributed by atoms with Gasteiger partial charge < -0.3 is 15.4 Å². The minimum atomic E-state index is -1.09. The van der Waals surface area contributed by atoms with Crippen molar-refractivity contribution >= 4 is 23.2 Å². The maximum absolute atomic E-state index is 11.7. The molecule has 0 aliphatic heterocycles. The molecule has 0 saturated heterocycles. The molecule has 0 spiro atoms. The largest absolute Gasteiger partial charge is 0.480 e. The van der Waals surface area contributed by atoms with Gasteiger partial charge in [-0.05, 0) is 0 Å². The fourth-order valence-electron chi connectivity index (χ4n) is 1.37. The number of carbonyl (C=O) groups is 2. The highest BCUT2D eigenvalue weighted by atomic mass is 32.1. The maximum Gasteiger partial charge on any atom is 0.326 e. The number of thiazole rings is 1. The lowest BCUT2D eigenvalue weighted by molar-refractivity contribution is -0.139. The first kappa shape index (κ1) is 12.2. The molecule has 0 unspecified atom stereocenters. The van der Waals surface area contributed by atoms with Crippen LogP contribution in [-0.2, 0) is 11.2 Å². The van der Waals surface area contributed by atoms with Crippen molar-refractivity contribution in [1.29, 1.82) is 0 Å². The van der Waals surface area contributed by atoms with Crippen LogP contribution in [0.5, 0.6) is 0 Å². The zero-order valence-electron chi connectivity index (χ0n) is 9.16. The Morgan fingerprint density at radius 1 is 1.44 bits per heavy atom. The summed E-state index contributed by atoms with van der Waals surface area (Å²) >= 11 is 1.16. The van der Waals surface area contributed by atoms with Crippen molar-refractivity contribution in [3.05, 3.63) is 34.8 Å². The average molecular weight is 266 g/mol.